The maximum Gasteiger partial charge on any atom is 0.244 e. The van der Waals surface area contributed by atoms with Crippen LogP contribution in [-0.2, 0) is 26.2 Å². The molecule has 0 heterocycles. The van der Waals surface area contributed by atoms with Crippen LogP contribution < -0.4 is 9.62 Å². The zero-order chi connectivity index (χ0) is 25.0. The average Bonchev–Trinajstić information content (AvgIpc) is 2.69. The van der Waals surface area contributed by atoms with Crippen molar-refractivity contribution in [2.24, 2.45) is 0 Å². The van der Waals surface area contributed by atoms with Crippen LogP contribution >= 0.6 is 11.6 Å². The Morgan fingerprint density at radius 3 is 2.18 bits per heavy atom. The highest BCUT2D eigenvalue weighted by atomic mass is 35.5. The Morgan fingerprint density at radius 2 is 1.64 bits per heavy atom. The molecule has 1 atom stereocenters. The summed E-state index contributed by atoms with van der Waals surface area (Å²) in [6.07, 6.45) is 1.02. The zero-order valence-corrected chi connectivity index (χ0v) is 21.5. The quantitative estimate of drug-likeness (QED) is 0.606. The Bertz CT molecular complexity index is 1110. The molecule has 0 fully saturated rings. The largest absolute Gasteiger partial charge is 0.350 e. The van der Waals surface area contributed by atoms with Crippen molar-refractivity contribution in [1.29, 1.82) is 0 Å². The van der Waals surface area contributed by atoms with Gasteiger partial charge in [0.05, 0.1) is 17.0 Å². The van der Waals surface area contributed by atoms with Gasteiger partial charge in [-0.25, -0.2) is 8.42 Å². The molecule has 0 aromatic heterocycles. The predicted molar refractivity (Wildman–Crippen MR) is 133 cm³/mol. The van der Waals surface area contributed by atoms with Crippen LogP contribution in [0.1, 0.15) is 38.8 Å². The van der Waals surface area contributed by atoms with Gasteiger partial charge in [0.1, 0.15) is 12.6 Å². The van der Waals surface area contributed by atoms with Gasteiger partial charge in [-0.2, -0.15) is 0 Å². The van der Waals surface area contributed by atoms with Crippen LogP contribution in [0.3, 0.4) is 0 Å². The van der Waals surface area contributed by atoms with Crippen LogP contribution in [0.2, 0.25) is 5.02 Å². The summed E-state index contributed by atoms with van der Waals surface area (Å²) >= 11 is 6.23. The molecule has 33 heavy (non-hydrogen) atoms. The van der Waals surface area contributed by atoms with Gasteiger partial charge in [-0.1, -0.05) is 48.0 Å². The van der Waals surface area contributed by atoms with Crippen LogP contribution in [0.5, 0.6) is 0 Å². The van der Waals surface area contributed by atoms with Crippen molar-refractivity contribution < 1.29 is 18.0 Å². The standard InChI is InChI=1S/C24H32ClN3O4S/c1-17-11-7-8-12-19(17)15-27(18(2)23(30)26-24(3,4)5)22(29)16-28(33(6,31)32)21-14-10-9-13-20(21)25/h7-14,18H,15-16H2,1-6H3,(H,26,30)/t18-/m0/s1. The highest BCUT2D eigenvalue weighted by Crippen LogP contribution is 2.27. The molecule has 0 aliphatic heterocycles. The second kappa shape index (κ2) is 10.6. The summed E-state index contributed by atoms with van der Waals surface area (Å²) in [6.45, 7) is 8.80. The maximum absolute atomic E-state index is 13.5. The number of anilines is 1. The van der Waals surface area contributed by atoms with E-state index in [-0.39, 0.29) is 23.2 Å². The van der Waals surface area contributed by atoms with Crippen LogP contribution in [0.4, 0.5) is 5.69 Å². The van der Waals surface area contributed by atoms with Gasteiger partial charge in [0.25, 0.3) is 0 Å². The molecule has 0 unspecified atom stereocenters. The van der Waals surface area contributed by atoms with Gasteiger partial charge in [0, 0.05) is 12.1 Å². The molecule has 0 bridgehead atoms. The second-order valence-electron chi connectivity index (χ2n) is 9.08. The molecule has 180 valence electrons. The molecule has 0 saturated carbocycles. The van der Waals surface area contributed by atoms with E-state index >= 15 is 0 Å². The SMILES string of the molecule is Cc1ccccc1CN(C(=O)CN(c1ccccc1Cl)S(C)(=O)=O)[C@@H](C)C(=O)NC(C)(C)C. The fraction of sp³-hybridized carbons (Fsp3) is 0.417. The topological polar surface area (TPSA) is 86.8 Å². The number of sulfonamides is 1. The number of nitrogens with one attached hydrogen (secondary N) is 1. The predicted octanol–water partition coefficient (Wildman–Crippen LogP) is 3.75. The molecular formula is C24H32ClN3O4S. The van der Waals surface area contributed by atoms with E-state index in [4.69, 9.17) is 11.6 Å². The van der Waals surface area contributed by atoms with E-state index in [1.807, 2.05) is 52.0 Å². The Balaban J connectivity index is 2.43. The van der Waals surface area contributed by atoms with Gasteiger partial charge in [-0.15, -0.1) is 0 Å². The number of carbonyl (C=O) groups excluding carboxylic acids is 2. The highest BCUT2D eigenvalue weighted by molar-refractivity contribution is 7.92. The number of hydrogen-bond acceptors (Lipinski definition) is 4. The summed E-state index contributed by atoms with van der Waals surface area (Å²) in [7, 11) is -3.82. The first kappa shape index (κ1) is 26.7. The van der Waals surface area contributed by atoms with Gasteiger partial charge >= 0.3 is 0 Å². The summed E-state index contributed by atoms with van der Waals surface area (Å²) in [4.78, 5) is 27.8. The fourth-order valence-corrected chi connectivity index (χ4v) is 4.43. The van der Waals surface area contributed by atoms with E-state index < -0.39 is 34.1 Å². The number of para-hydroxylation sites is 1. The molecule has 0 aliphatic rings. The van der Waals surface area contributed by atoms with Crippen LogP contribution in [0.15, 0.2) is 48.5 Å². The molecule has 7 nitrogen and oxygen atoms in total. The highest BCUT2D eigenvalue weighted by Gasteiger charge is 2.32. The minimum absolute atomic E-state index is 0.157. The summed E-state index contributed by atoms with van der Waals surface area (Å²) in [5, 5.41) is 3.10. The lowest BCUT2D eigenvalue weighted by atomic mass is 10.1. The zero-order valence-electron chi connectivity index (χ0n) is 19.9. The van der Waals surface area contributed by atoms with Crippen molar-refractivity contribution in [1.82, 2.24) is 10.2 Å². The number of amides is 2. The molecular weight excluding hydrogens is 462 g/mol. The molecule has 0 radical (unpaired) electrons. The molecule has 9 heteroatoms. The van der Waals surface area contributed by atoms with Crippen molar-refractivity contribution in [3.8, 4) is 0 Å². The number of carbonyl (C=O) groups is 2. The Morgan fingerprint density at radius 1 is 1.06 bits per heavy atom. The first-order chi connectivity index (χ1) is 15.2. The molecule has 2 aromatic rings. The van der Waals surface area contributed by atoms with E-state index in [0.29, 0.717) is 0 Å². The van der Waals surface area contributed by atoms with Gasteiger partial charge in [0.15, 0.2) is 0 Å². The Hall–Kier alpha value is -2.58. The lowest BCUT2D eigenvalue weighted by Crippen LogP contribution is -2.54. The van der Waals surface area contributed by atoms with Crippen molar-refractivity contribution >= 4 is 39.1 Å². The fourth-order valence-electron chi connectivity index (χ4n) is 3.28. The van der Waals surface area contributed by atoms with E-state index in [0.717, 1.165) is 21.7 Å². The van der Waals surface area contributed by atoms with E-state index in [1.165, 1.54) is 11.0 Å². The van der Waals surface area contributed by atoms with Crippen molar-refractivity contribution in [2.45, 2.75) is 52.7 Å². The Labute approximate surface area is 201 Å². The van der Waals surface area contributed by atoms with Gasteiger partial charge in [-0.3, -0.25) is 13.9 Å². The third-order valence-corrected chi connectivity index (χ3v) is 6.51. The summed E-state index contributed by atoms with van der Waals surface area (Å²) < 4.78 is 26.1. The third-order valence-electron chi connectivity index (χ3n) is 5.07. The van der Waals surface area contributed by atoms with Gasteiger partial charge in [-0.05, 0) is 57.9 Å². The van der Waals surface area contributed by atoms with E-state index in [2.05, 4.69) is 5.32 Å². The minimum atomic E-state index is -3.82. The van der Waals surface area contributed by atoms with Crippen molar-refractivity contribution in [3.05, 3.63) is 64.7 Å². The summed E-state index contributed by atoms with van der Waals surface area (Å²) in [6, 6.07) is 13.1. The first-order valence-corrected chi connectivity index (χ1v) is 12.8. The molecule has 0 spiro atoms. The van der Waals surface area contributed by atoms with Crippen molar-refractivity contribution in [3.63, 3.8) is 0 Å². The lowest BCUT2D eigenvalue weighted by molar-refractivity contribution is -0.140. The smallest absolute Gasteiger partial charge is 0.244 e. The number of nitrogens with zero attached hydrogens (tertiary/aromatic N) is 2. The minimum Gasteiger partial charge on any atom is -0.350 e. The van der Waals surface area contributed by atoms with Gasteiger partial charge in [0.2, 0.25) is 21.8 Å². The Kier molecular flexibility index (Phi) is 8.54. The number of rotatable bonds is 8. The summed E-state index contributed by atoms with van der Waals surface area (Å²) in [5.41, 5.74) is 1.55. The number of halogens is 1. The van der Waals surface area contributed by atoms with Crippen molar-refractivity contribution in [2.75, 3.05) is 17.1 Å². The molecule has 2 amide bonds. The number of hydrogen-bond donors (Lipinski definition) is 1. The van der Waals surface area contributed by atoms with Gasteiger partial charge < -0.3 is 10.2 Å². The van der Waals surface area contributed by atoms with Crippen LogP contribution in [0, 0.1) is 6.92 Å². The third kappa shape index (κ3) is 7.47. The second-order valence-corrected chi connectivity index (χ2v) is 11.4. The molecule has 2 aromatic carbocycles. The molecule has 2 rings (SSSR count). The van der Waals surface area contributed by atoms with Crippen LogP contribution in [-0.4, -0.2) is 49.5 Å². The molecule has 0 saturated heterocycles. The lowest BCUT2D eigenvalue weighted by Gasteiger charge is -2.33. The monoisotopic (exact) mass is 493 g/mol. The normalized spacial score (nSPS) is 12.7. The average molecular weight is 494 g/mol. The van der Waals surface area contributed by atoms with E-state index in [1.54, 1.807) is 25.1 Å². The van der Waals surface area contributed by atoms with Crippen LogP contribution in [0.25, 0.3) is 0 Å². The number of benzene rings is 2. The number of aryl methyl sites for hydroxylation is 1. The molecule has 0 aliphatic carbocycles. The van der Waals surface area contributed by atoms with E-state index in [9.17, 15) is 18.0 Å². The first-order valence-electron chi connectivity index (χ1n) is 10.6. The summed E-state index contributed by atoms with van der Waals surface area (Å²) in [5.74, 6) is -0.840. The maximum atomic E-state index is 13.5. The molecule has 1 N–H and O–H groups in total.